The van der Waals surface area contributed by atoms with Crippen LogP contribution in [0.3, 0.4) is 0 Å². The van der Waals surface area contributed by atoms with Crippen molar-refractivity contribution >= 4 is 17.2 Å². The van der Waals surface area contributed by atoms with Crippen LogP contribution in [0, 0.1) is 0 Å². The molecule has 5 heteroatoms. The summed E-state index contributed by atoms with van der Waals surface area (Å²) in [6, 6.07) is 11.7. The lowest BCUT2D eigenvalue weighted by atomic mass is 10.0. The predicted molar refractivity (Wildman–Crippen MR) is 111 cm³/mol. The summed E-state index contributed by atoms with van der Waals surface area (Å²) in [6.07, 6.45) is 4.26. The summed E-state index contributed by atoms with van der Waals surface area (Å²) in [5.41, 5.74) is 2.01. The number of carbonyl (C=O) groups excluding carboxylic acids is 1. The van der Waals surface area contributed by atoms with Crippen molar-refractivity contribution in [3.8, 4) is 5.75 Å². The lowest BCUT2D eigenvalue weighted by Gasteiger charge is -2.31. The van der Waals surface area contributed by atoms with Crippen molar-refractivity contribution < 1.29 is 9.53 Å². The van der Waals surface area contributed by atoms with Gasteiger partial charge in [0.2, 0.25) is 0 Å². The number of nitrogens with one attached hydrogen (secondary N) is 1. The predicted octanol–water partition coefficient (Wildman–Crippen LogP) is 4.49. The van der Waals surface area contributed by atoms with Crippen molar-refractivity contribution in [1.29, 1.82) is 0 Å². The zero-order chi connectivity index (χ0) is 19.1. The molecule has 0 spiro atoms. The molecule has 0 aliphatic carbocycles. The molecule has 3 rings (SSSR count). The van der Waals surface area contributed by atoms with Gasteiger partial charge in [-0.3, -0.25) is 9.69 Å². The van der Waals surface area contributed by atoms with E-state index < -0.39 is 0 Å². The van der Waals surface area contributed by atoms with E-state index >= 15 is 0 Å². The van der Waals surface area contributed by atoms with Crippen LogP contribution in [0.15, 0.2) is 53.4 Å². The van der Waals surface area contributed by atoms with E-state index in [0.29, 0.717) is 12.2 Å². The van der Waals surface area contributed by atoms with Crippen molar-refractivity contribution in [3.63, 3.8) is 0 Å². The minimum Gasteiger partial charge on any atom is -0.488 e. The maximum absolute atomic E-state index is 12.6. The molecule has 1 aliphatic heterocycles. The van der Waals surface area contributed by atoms with Crippen LogP contribution in [0.1, 0.15) is 41.9 Å². The van der Waals surface area contributed by atoms with E-state index in [1.54, 1.807) is 11.3 Å². The van der Waals surface area contributed by atoms with Gasteiger partial charge in [0.05, 0.1) is 0 Å². The molecule has 0 unspecified atom stereocenters. The molecule has 4 nitrogen and oxygen atoms in total. The zero-order valence-electron chi connectivity index (χ0n) is 16.1. The summed E-state index contributed by atoms with van der Waals surface area (Å²) < 4.78 is 5.81. The van der Waals surface area contributed by atoms with Gasteiger partial charge >= 0.3 is 0 Å². The lowest BCUT2D eigenvalue weighted by Crippen LogP contribution is -2.44. The van der Waals surface area contributed by atoms with E-state index in [1.807, 2.05) is 41.8 Å². The molecular weight excluding hydrogens is 356 g/mol. The van der Waals surface area contributed by atoms with E-state index in [1.165, 1.54) is 10.5 Å². The third-order valence-corrected chi connectivity index (χ3v) is 5.59. The van der Waals surface area contributed by atoms with Gasteiger partial charge in [0.15, 0.2) is 0 Å². The number of amides is 1. The average molecular weight is 385 g/mol. The molecule has 1 aliphatic rings. The van der Waals surface area contributed by atoms with Crippen LogP contribution in [0.5, 0.6) is 5.75 Å². The molecule has 0 saturated carbocycles. The van der Waals surface area contributed by atoms with Crippen LogP contribution in [0.2, 0.25) is 0 Å². The summed E-state index contributed by atoms with van der Waals surface area (Å²) in [5.74, 6) is 0.715. The minimum atomic E-state index is -0.0145. The molecule has 0 bridgehead atoms. The molecule has 2 aromatic rings. The van der Waals surface area contributed by atoms with Gasteiger partial charge in [-0.15, -0.1) is 11.3 Å². The second-order valence-electron chi connectivity index (χ2n) is 7.23. The Kier molecular flexibility index (Phi) is 7.07. The molecular formula is C22H28N2O2S. The number of piperidine rings is 1. The Balaban J connectivity index is 1.48. The number of benzene rings is 1. The van der Waals surface area contributed by atoms with Crippen LogP contribution >= 0.6 is 11.3 Å². The van der Waals surface area contributed by atoms with Crippen LogP contribution in [0.25, 0.3) is 0 Å². The van der Waals surface area contributed by atoms with Gasteiger partial charge in [-0.05, 0) is 56.3 Å². The van der Waals surface area contributed by atoms with Crippen LogP contribution in [-0.4, -0.2) is 36.5 Å². The van der Waals surface area contributed by atoms with Gasteiger partial charge in [0.1, 0.15) is 12.4 Å². The van der Waals surface area contributed by atoms with Crippen LogP contribution in [0.4, 0.5) is 0 Å². The van der Waals surface area contributed by atoms with Gasteiger partial charge in [-0.1, -0.05) is 23.8 Å². The summed E-state index contributed by atoms with van der Waals surface area (Å²) in [5, 5.41) is 5.22. The highest BCUT2D eigenvalue weighted by Crippen LogP contribution is 2.18. The Labute approximate surface area is 165 Å². The summed E-state index contributed by atoms with van der Waals surface area (Å²) in [6.45, 7) is 7.85. The van der Waals surface area contributed by atoms with Crippen molar-refractivity contribution in [3.05, 3.63) is 63.9 Å². The van der Waals surface area contributed by atoms with Crippen LogP contribution in [-0.2, 0) is 6.61 Å². The van der Waals surface area contributed by atoms with Gasteiger partial charge in [-0.2, -0.15) is 0 Å². The first kappa shape index (κ1) is 19.6. The Bertz CT molecular complexity index is 758. The Morgan fingerprint density at radius 1 is 1.26 bits per heavy atom. The van der Waals surface area contributed by atoms with Gasteiger partial charge in [0.25, 0.3) is 5.91 Å². The summed E-state index contributed by atoms with van der Waals surface area (Å²) in [4.78, 5) is 16.2. The minimum absolute atomic E-state index is 0.0145. The Hall–Kier alpha value is -2.11. The van der Waals surface area contributed by atoms with Crippen molar-refractivity contribution in [2.24, 2.45) is 0 Å². The third-order valence-electron chi connectivity index (χ3n) is 4.74. The third kappa shape index (κ3) is 6.22. The quantitative estimate of drug-likeness (QED) is 0.715. The molecule has 2 heterocycles. The van der Waals surface area contributed by atoms with E-state index in [2.05, 4.69) is 30.1 Å². The second kappa shape index (κ2) is 9.72. The van der Waals surface area contributed by atoms with Gasteiger partial charge in [0, 0.05) is 36.1 Å². The standard InChI is InChI=1S/C22H28N2O2S/c1-17(2)8-11-24-12-9-19(10-13-24)23-22(25)18-5-3-6-20(15-18)26-16-21-7-4-14-27-21/h3-8,14-15,19H,9-13,16H2,1-2H3,(H,23,25). The summed E-state index contributed by atoms with van der Waals surface area (Å²) >= 11 is 1.67. The highest BCUT2D eigenvalue weighted by Gasteiger charge is 2.20. The molecule has 0 radical (unpaired) electrons. The van der Waals surface area contributed by atoms with Crippen molar-refractivity contribution in [2.45, 2.75) is 39.3 Å². The first-order valence-corrected chi connectivity index (χ1v) is 10.4. The number of carbonyl (C=O) groups is 1. The normalized spacial score (nSPS) is 15.3. The maximum atomic E-state index is 12.6. The highest BCUT2D eigenvalue weighted by molar-refractivity contribution is 7.09. The smallest absolute Gasteiger partial charge is 0.251 e. The van der Waals surface area contributed by atoms with E-state index in [4.69, 9.17) is 4.74 Å². The lowest BCUT2D eigenvalue weighted by molar-refractivity contribution is 0.0913. The second-order valence-corrected chi connectivity index (χ2v) is 8.26. The zero-order valence-corrected chi connectivity index (χ0v) is 16.9. The Morgan fingerprint density at radius 3 is 2.78 bits per heavy atom. The number of nitrogens with zero attached hydrogens (tertiary/aromatic N) is 1. The molecule has 1 fully saturated rings. The van der Waals surface area contributed by atoms with E-state index in [0.717, 1.165) is 38.2 Å². The number of hydrogen-bond acceptors (Lipinski definition) is 4. The average Bonchev–Trinajstić information content (AvgIpc) is 3.19. The molecule has 27 heavy (non-hydrogen) atoms. The molecule has 1 amide bonds. The van der Waals surface area contributed by atoms with Crippen molar-refractivity contribution in [2.75, 3.05) is 19.6 Å². The van der Waals surface area contributed by atoms with Gasteiger partial charge < -0.3 is 10.1 Å². The topological polar surface area (TPSA) is 41.6 Å². The molecule has 1 aromatic carbocycles. The fraction of sp³-hybridized carbons (Fsp3) is 0.409. The molecule has 1 saturated heterocycles. The Morgan fingerprint density at radius 2 is 2.07 bits per heavy atom. The molecule has 1 aromatic heterocycles. The number of likely N-dealkylation sites (tertiary alicyclic amines) is 1. The first-order chi connectivity index (χ1) is 13.1. The summed E-state index contributed by atoms with van der Waals surface area (Å²) in [7, 11) is 0. The SMILES string of the molecule is CC(C)=CCN1CCC(NC(=O)c2cccc(OCc3cccs3)c2)CC1. The van der Waals surface area contributed by atoms with E-state index in [9.17, 15) is 4.79 Å². The fourth-order valence-corrected chi connectivity index (χ4v) is 3.73. The fourth-order valence-electron chi connectivity index (χ4n) is 3.12. The molecule has 144 valence electrons. The van der Waals surface area contributed by atoms with Crippen molar-refractivity contribution in [1.82, 2.24) is 10.2 Å². The van der Waals surface area contributed by atoms with Crippen LogP contribution < -0.4 is 10.1 Å². The number of ether oxygens (including phenoxy) is 1. The number of thiophene rings is 1. The number of hydrogen-bond donors (Lipinski definition) is 1. The van der Waals surface area contributed by atoms with E-state index in [-0.39, 0.29) is 11.9 Å². The first-order valence-electron chi connectivity index (χ1n) is 9.52. The largest absolute Gasteiger partial charge is 0.488 e. The number of allylic oxidation sites excluding steroid dienone is 1. The molecule has 1 N–H and O–H groups in total. The molecule has 0 atom stereocenters. The monoisotopic (exact) mass is 384 g/mol. The maximum Gasteiger partial charge on any atom is 0.251 e. The van der Waals surface area contributed by atoms with Gasteiger partial charge in [-0.25, -0.2) is 0 Å². The number of rotatable bonds is 7. The highest BCUT2D eigenvalue weighted by atomic mass is 32.1.